The minimum Gasteiger partial charge on any atom is -0.494 e. The SMILES string of the molecule is CCCCCCCCC1(CCCCCCCC)c2cc(OCCCC)ccc2Cc2ccc(-c3ccc(-c4ccc(-c5ccc(-c6ccc7c(c6)C(CCCCCCCC)(CCCCCCCC)c6cc(OCCCC)ccc6-7)s5)c5nsnc45)s3)cc21. The lowest BCUT2D eigenvalue weighted by molar-refractivity contribution is 0.307. The molecule has 3 heterocycles. The van der Waals surface area contributed by atoms with Gasteiger partial charge >= 0.3 is 0 Å². The molecule has 0 radical (unpaired) electrons. The van der Waals surface area contributed by atoms with Crippen molar-refractivity contribution in [2.24, 2.45) is 0 Å². The van der Waals surface area contributed by atoms with E-state index in [-0.39, 0.29) is 10.8 Å². The molecule has 0 fully saturated rings. The Kier molecular flexibility index (Phi) is 24.9. The van der Waals surface area contributed by atoms with Crippen molar-refractivity contribution in [3.63, 3.8) is 0 Å². The standard InChI is InChI=1S/C81H106N2O2S3/c1-7-13-19-23-27-31-49-80(50-32-28-24-20-14-8-2)70-56-62(36-35-60(70)55-61-37-39-64(58-71(61)80)84-53-17-11-5)74-45-47-76(86-74)68-43-44-69(79-78(68)82-88-83-79)77-48-46-75(87-77)63-38-41-66-67-42-40-65(85-54-18-12-6)59-73(67)81(72(66)57-63,51-33-29-25-21-15-9-3)52-34-30-26-22-16-10-4/h35-48,56-59H,7-34,49-55H2,1-6H3. The fourth-order valence-electron chi connectivity index (χ4n) is 15.0. The number of nitrogens with zero attached hydrogens (tertiary/aromatic N) is 2. The van der Waals surface area contributed by atoms with Crippen molar-refractivity contribution in [1.82, 2.24) is 8.75 Å². The molecule has 4 nitrogen and oxygen atoms in total. The first-order chi connectivity index (χ1) is 43.4. The van der Waals surface area contributed by atoms with Crippen molar-refractivity contribution in [1.29, 1.82) is 0 Å². The van der Waals surface area contributed by atoms with E-state index in [0.717, 1.165) is 67.9 Å². The van der Waals surface area contributed by atoms with Gasteiger partial charge in [0.1, 0.15) is 22.5 Å². The molecule has 7 heteroatoms. The molecule has 0 aliphatic heterocycles. The highest BCUT2D eigenvalue weighted by molar-refractivity contribution is 7.19. The number of fused-ring (bicyclic) bond motifs is 6. The Hall–Kier alpha value is -5.08. The summed E-state index contributed by atoms with van der Waals surface area (Å²) in [5.74, 6) is 2.08. The van der Waals surface area contributed by atoms with Crippen LogP contribution in [0.5, 0.6) is 11.5 Å². The molecule has 0 saturated carbocycles. The first-order valence-corrected chi connectivity index (χ1v) is 38.0. The molecule has 0 saturated heterocycles. The summed E-state index contributed by atoms with van der Waals surface area (Å²) < 4.78 is 23.2. The molecule has 5 aromatic carbocycles. The Morgan fingerprint density at radius 3 is 1.15 bits per heavy atom. The number of unbranched alkanes of at least 4 members (excludes halogenated alkanes) is 22. The Morgan fingerprint density at radius 1 is 0.330 bits per heavy atom. The number of thiophene rings is 2. The molecule has 2 aliphatic carbocycles. The van der Waals surface area contributed by atoms with Crippen LogP contribution in [0.15, 0.2) is 109 Å². The summed E-state index contributed by atoms with van der Waals surface area (Å²) in [6.45, 7) is 15.4. The monoisotopic (exact) mass is 1230 g/mol. The number of hydrogen-bond donors (Lipinski definition) is 0. The zero-order chi connectivity index (χ0) is 61.0. The summed E-state index contributed by atoms with van der Waals surface area (Å²) >= 11 is 5.16. The van der Waals surface area contributed by atoms with Crippen molar-refractivity contribution >= 4 is 45.4 Å². The lowest BCUT2D eigenvalue weighted by atomic mass is 9.61. The predicted octanol–water partition coefficient (Wildman–Crippen LogP) is 26.3. The molecule has 88 heavy (non-hydrogen) atoms. The van der Waals surface area contributed by atoms with Crippen LogP contribution in [-0.4, -0.2) is 22.0 Å². The van der Waals surface area contributed by atoms with E-state index in [0.29, 0.717) is 0 Å². The van der Waals surface area contributed by atoms with Gasteiger partial charge in [-0.25, -0.2) is 0 Å². The maximum absolute atomic E-state index is 6.52. The van der Waals surface area contributed by atoms with Crippen LogP contribution in [0.1, 0.15) is 280 Å². The van der Waals surface area contributed by atoms with Crippen molar-refractivity contribution in [2.45, 2.75) is 264 Å². The van der Waals surface area contributed by atoms with Crippen LogP contribution < -0.4 is 9.47 Å². The van der Waals surface area contributed by atoms with E-state index < -0.39 is 0 Å². The highest BCUT2D eigenvalue weighted by Crippen LogP contribution is 2.57. The van der Waals surface area contributed by atoms with Crippen molar-refractivity contribution in [3.05, 3.63) is 143 Å². The van der Waals surface area contributed by atoms with Crippen LogP contribution in [-0.2, 0) is 17.3 Å². The average Bonchev–Trinajstić information content (AvgIpc) is 1.34. The topological polar surface area (TPSA) is 44.2 Å². The van der Waals surface area contributed by atoms with Crippen LogP contribution >= 0.6 is 34.4 Å². The molecule has 0 atom stereocenters. The molecule has 2 aliphatic rings. The second-order valence-corrected chi connectivity index (χ2v) is 29.1. The molecule has 470 valence electrons. The average molecular weight is 1240 g/mol. The van der Waals surface area contributed by atoms with E-state index >= 15 is 0 Å². The zero-order valence-electron chi connectivity index (χ0n) is 55.1. The molecule has 0 unspecified atom stereocenters. The van der Waals surface area contributed by atoms with Crippen LogP contribution in [0.25, 0.3) is 63.9 Å². The van der Waals surface area contributed by atoms with Gasteiger partial charge < -0.3 is 9.47 Å². The van der Waals surface area contributed by atoms with Crippen LogP contribution in [0.2, 0.25) is 0 Å². The first kappa shape index (κ1) is 65.9. The highest BCUT2D eigenvalue weighted by Gasteiger charge is 2.44. The summed E-state index contributed by atoms with van der Waals surface area (Å²) in [4.78, 5) is 5.12. The molecule has 0 spiro atoms. The fourth-order valence-corrected chi connectivity index (χ4v) is 17.6. The molecule has 3 aromatic heterocycles. The number of aromatic nitrogens is 2. The number of rotatable bonds is 40. The van der Waals surface area contributed by atoms with E-state index in [2.05, 4.69) is 151 Å². The fraction of sp³-hybridized carbons (Fsp3) is 0.531. The van der Waals surface area contributed by atoms with E-state index in [9.17, 15) is 0 Å². The van der Waals surface area contributed by atoms with Gasteiger partial charge in [0.25, 0.3) is 0 Å². The minimum atomic E-state index is -0.0420. The van der Waals surface area contributed by atoms with Crippen molar-refractivity contribution in [2.75, 3.05) is 13.2 Å². The zero-order valence-corrected chi connectivity index (χ0v) is 57.5. The summed E-state index contributed by atoms with van der Waals surface area (Å²) in [7, 11) is 0. The molecule has 0 N–H and O–H groups in total. The van der Waals surface area contributed by atoms with Crippen molar-refractivity contribution < 1.29 is 9.47 Å². The lowest BCUT2D eigenvalue weighted by Crippen LogP contribution is -2.34. The molecule has 8 aromatic rings. The maximum Gasteiger partial charge on any atom is 0.119 e. The number of hydrogen-bond acceptors (Lipinski definition) is 7. The minimum absolute atomic E-state index is 0.0266. The maximum atomic E-state index is 6.52. The third-order valence-electron chi connectivity index (χ3n) is 20.0. The molecule has 0 amide bonds. The van der Waals surface area contributed by atoms with E-state index in [4.69, 9.17) is 18.2 Å². The number of ether oxygens (including phenoxy) is 2. The van der Waals surface area contributed by atoms with Gasteiger partial charge in [0.15, 0.2) is 0 Å². The second kappa shape index (κ2) is 33.3. The van der Waals surface area contributed by atoms with Crippen LogP contribution in [0.4, 0.5) is 0 Å². The third-order valence-corrected chi connectivity index (χ3v) is 22.9. The van der Waals surface area contributed by atoms with Gasteiger partial charge in [-0.15, -0.1) is 22.7 Å². The van der Waals surface area contributed by atoms with E-state index in [1.165, 1.54) is 272 Å². The Bertz CT molecular complexity index is 3400. The van der Waals surface area contributed by atoms with Crippen LogP contribution in [0, 0.1) is 0 Å². The van der Waals surface area contributed by atoms with E-state index in [1.807, 2.05) is 22.7 Å². The summed E-state index contributed by atoms with van der Waals surface area (Å²) in [6.07, 6.45) is 41.6. The summed E-state index contributed by atoms with van der Waals surface area (Å²) in [5, 5.41) is 0. The first-order valence-electron chi connectivity index (χ1n) is 35.7. The van der Waals surface area contributed by atoms with Gasteiger partial charge in [-0.2, -0.15) is 8.75 Å². The van der Waals surface area contributed by atoms with Crippen LogP contribution in [0.3, 0.4) is 0 Å². The normalized spacial score (nSPS) is 13.7. The lowest BCUT2D eigenvalue weighted by Gasteiger charge is -2.42. The van der Waals surface area contributed by atoms with Crippen molar-refractivity contribution in [3.8, 4) is 64.4 Å². The molecular formula is C81H106N2O2S3. The van der Waals surface area contributed by atoms with Gasteiger partial charge in [0, 0.05) is 41.5 Å². The largest absolute Gasteiger partial charge is 0.494 e. The Labute approximate surface area is 544 Å². The summed E-state index contributed by atoms with van der Waals surface area (Å²) in [6, 6.07) is 43.4. The Balaban J connectivity index is 0.947. The predicted molar refractivity (Wildman–Crippen MR) is 384 cm³/mol. The third kappa shape index (κ3) is 15.6. The van der Waals surface area contributed by atoms with Gasteiger partial charge in [-0.3, -0.25) is 0 Å². The quantitative estimate of drug-likeness (QED) is 0.0359. The molecule has 0 bridgehead atoms. The van der Waals surface area contributed by atoms with Gasteiger partial charge in [0.2, 0.25) is 0 Å². The highest BCUT2D eigenvalue weighted by atomic mass is 32.1. The van der Waals surface area contributed by atoms with Gasteiger partial charge in [0.05, 0.1) is 24.9 Å². The smallest absolute Gasteiger partial charge is 0.119 e. The van der Waals surface area contributed by atoms with Gasteiger partial charge in [-0.1, -0.05) is 257 Å². The number of benzene rings is 5. The van der Waals surface area contributed by atoms with Gasteiger partial charge in [-0.05, 0) is 161 Å². The van der Waals surface area contributed by atoms with E-state index in [1.54, 1.807) is 5.56 Å². The molecular weight excluding hydrogens is 1130 g/mol. The summed E-state index contributed by atoms with van der Waals surface area (Å²) in [5.41, 5.74) is 18.9. The molecule has 10 rings (SSSR count). The second-order valence-electron chi connectivity index (χ2n) is 26.4. The Morgan fingerprint density at radius 2 is 0.670 bits per heavy atom.